The number of pyridine rings is 1. The molecule has 1 aliphatic carbocycles. The highest BCUT2D eigenvalue weighted by atomic mass is 32.1. The molecule has 0 radical (unpaired) electrons. The fourth-order valence-corrected chi connectivity index (χ4v) is 5.68. The largest absolute Gasteiger partial charge is 0.397 e. The molecule has 160 valence electrons. The van der Waals surface area contributed by atoms with Gasteiger partial charge in [0, 0.05) is 23.3 Å². The van der Waals surface area contributed by atoms with E-state index < -0.39 is 4.92 Å². The Bertz CT molecular complexity index is 1200. The lowest BCUT2D eigenvalue weighted by molar-refractivity contribution is -0.384. The molecular weight excluding hydrogens is 416 g/mol. The second-order valence-electron chi connectivity index (χ2n) is 7.92. The average molecular weight is 440 g/mol. The number of aryl methyl sites for hydroxylation is 1. The van der Waals surface area contributed by atoms with Crippen LogP contribution in [-0.4, -0.2) is 37.0 Å². The highest BCUT2D eigenvalue weighted by Gasteiger charge is 2.32. The number of aromatic amines is 1. The lowest BCUT2D eigenvalue weighted by Crippen LogP contribution is -2.40. The third kappa shape index (κ3) is 3.43. The Balaban J connectivity index is 1.64. The summed E-state index contributed by atoms with van der Waals surface area (Å²) in [5, 5.41) is 12.1. The zero-order valence-electron chi connectivity index (χ0n) is 17.0. The summed E-state index contributed by atoms with van der Waals surface area (Å²) in [5.74, 6) is 0.828. The van der Waals surface area contributed by atoms with Crippen molar-refractivity contribution in [1.82, 2.24) is 0 Å². The van der Waals surface area contributed by atoms with Crippen molar-refractivity contribution < 1.29 is 19.4 Å². The first-order valence-corrected chi connectivity index (χ1v) is 11.3. The zero-order valence-corrected chi connectivity index (χ0v) is 17.8. The smallest absolute Gasteiger partial charge is 0.279 e. The van der Waals surface area contributed by atoms with Gasteiger partial charge < -0.3 is 10.5 Å². The van der Waals surface area contributed by atoms with E-state index in [1.165, 1.54) is 40.7 Å². The number of thiophene rings is 1. The van der Waals surface area contributed by atoms with Crippen LogP contribution in [0.4, 0.5) is 17.2 Å². The number of nitrogen functional groups attached to an aromatic ring is 1. The lowest BCUT2D eigenvalue weighted by Gasteiger charge is -2.26. The Hall–Kier alpha value is -3.04. The van der Waals surface area contributed by atoms with Gasteiger partial charge in [-0.15, -0.1) is 0 Å². The molecule has 0 bridgehead atoms. The fraction of sp³-hybridized carbons (Fsp3) is 0.364. The third-order valence-corrected chi connectivity index (χ3v) is 7.20. The Morgan fingerprint density at radius 3 is 2.68 bits per heavy atom. The summed E-state index contributed by atoms with van der Waals surface area (Å²) in [6.07, 6.45) is 4.15. The lowest BCUT2D eigenvalue weighted by atomic mass is 9.89. The van der Waals surface area contributed by atoms with Crippen molar-refractivity contribution in [1.29, 1.82) is 0 Å². The maximum Gasteiger partial charge on any atom is 0.279 e. The highest BCUT2D eigenvalue weighted by Crippen LogP contribution is 2.41. The van der Waals surface area contributed by atoms with Crippen LogP contribution in [0.15, 0.2) is 24.3 Å². The number of carbonyl (C=O) groups excluding carboxylic acids is 1. The SMILES string of the molecule is Nc1c(C(=O)c2cccc([N+](=O)[O-])c2)sc2[nH+]c(N3CCOCC3)c3c(c12)CCCC3. The zero-order chi connectivity index (χ0) is 21.5. The minimum Gasteiger partial charge on any atom is -0.397 e. The summed E-state index contributed by atoms with van der Waals surface area (Å²) >= 11 is 1.33. The van der Waals surface area contributed by atoms with Gasteiger partial charge in [-0.25, -0.2) is 4.98 Å². The summed E-state index contributed by atoms with van der Waals surface area (Å²) < 4.78 is 5.52. The maximum atomic E-state index is 13.2. The van der Waals surface area contributed by atoms with E-state index >= 15 is 0 Å². The number of morpholine rings is 1. The van der Waals surface area contributed by atoms with Crippen molar-refractivity contribution >= 4 is 44.5 Å². The number of ketones is 1. The number of nitrogens with two attached hydrogens (primary N) is 1. The Labute approximate surface area is 182 Å². The molecule has 3 heterocycles. The number of H-pyrrole nitrogens is 1. The summed E-state index contributed by atoms with van der Waals surface area (Å²) in [7, 11) is 0. The first-order valence-electron chi connectivity index (χ1n) is 10.5. The van der Waals surface area contributed by atoms with Gasteiger partial charge in [0.2, 0.25) is 5.78 Å². The standard InChI is InChI=1S/C22H22N4O4S/c23-18-17-15-6-1-2-7-16(15)21(25-8-10-30-11-9-25)24-22(17)31-20(18)19(27)13-4-3-5-14(12-13)26(28)29/h3-5,12H,1-2,6-11,23H2/p+1. The fourth-order valence-electron chi connectivity index (χ4n) is 4.57. The number of ether oxygens (including phenoxy) is 1. The van der Waals surface area contributed by atoms with Crippen LogP contribution in [0.1, 0.15) is 39.2 Å². The molecule has 0 unspecified atom stereocenters. The second-order valence-corrected chi connectivity index (χ2v) is 8.94. The topological polar surface area (TPSA) is 113 Å². The molecule has 0 amide bonds. The van der Waals surface area contributed by atoms with Gasteiger partial charge in [0.15, 0.2) is 4.83 Å². The normalized spacial score (nSPS) is 16.3. The summed E-state index contributed by atoms with van der Waals surface area (Å²) in [4.78, 5) is 31.1. The van der Waals surface area contributed by atoms with E-state index in [0.29, 0.717) is 23.8 Å². The van der Waals surface area contributed by atoms with E-state index in [9.17, 15) is 14.9 Å². The molecule has 0 spiro atoms. The van der Waals surface area contributed by atoms with Gasteiger partial charge in [-0.2, -0.15) is 0 Å². The van der Waals surface area contributed by atoms with E-state index in [-0.39, 0.29) is 17.0 Å². The first-order chi connectivity index (χ1) is 15.0. The van der Waals surface area contributed by atoms with Crippen LogP contribution >= 0.6 is 11.3 Å². The molecule has 1 saturated heterocycles. The molecule has 2 aliphatic rings. The molecule has 1 aliphatic heterocycles. The van der Waals surface area contributed by atoms with Crippen LogP contribution in [0.3, 0.4) is 0 Å². The molecule has 5 rings (SSSR count). The molecule has 2 aromatic heterocycles. The van der Waals surface area contributed by atoms with E-state index in [1.807, 2.05) is 0 Å². The third-order valence-electron chi connectivity index (χ3n) is 6.09. The number of fused-ring (bicyclic) bond motifs is 3. The average Bonchev–Trinajstić information content (AvgIpc) is 3.15. The van der Waals surface area contributed by atoms with Crippen LogP contribution in [-0.2, 0) is 17.6 Å². The quantitative estimate of drug-likeness (QED) is 0.380. The van der Waals surface area contributed by atoms with Gasteiger partial charge in [-0.3, -0.25) is 19.8 Å². The number of nitro groups is 1. The number of carbonyl (C=O) groups is 1. The number of anilines is 2. The van der Waals surface area contributed by atoms with Gasteiger partial charge in [-0.05, 0) is 31.2 Å². The monoisotopic (exact) mass is 439 g/mol. The number of non-ortho nitro benzene ring substituents is 1. The van der Waals surface area contributed by atoms with Gasteiger partial charge in [0.05, 0.1) is 29.2 Å². The summed E-state index contributed by atoms with van der Waals surface area (Å²) in [5.41, 5.74) is 9.69. The van der Waals surface area contributed by atoms with Crippen molar-refractivity contribution in [2.24, 2.45) is 0 Å². The highest BCUT2D eigenvalue weighted by molar-refractivity contribution is 7.21. The van der Waals surface area contributed by atoms with Crippen molar-refractivity contribution in [3.05, 3.63) is 55.9 Å². The van der Waals surface area contributed by atoms with E-state index in [4.69, 9.17) is 10.5 Å². The van der Waals surface area contributed by atoms with Crippen LogP contribution < -0.4 is 15.6 Å². The van der Waals surface area contributed by atoms with Gasteiger partial charge >= 0.3 is 0 Å². The number of aromatic nitrogens is 1. The molecule has 1 aromatic carbocycles. The molecule has 9 heteroatoms. The summed E-state index contributed by atoms with van der Waals surface area (Å²) in [6, 6.07) is 5.81. The minimum atomic E-state index is -0.496. The van der Waals surface area contributed by atoms with Crippen LogP contribution in [0, 0.1) is 10.1 Å². The Morgan fingerprint density at radius 2 is 1.94 bits per heavy atom. The number of hydrogen-bond donors (Lipinski definition) is 1. The molecule has 1 fully saturated rings. The van der Waals surface area contributed by atoms with Gasteiger partial charge in [-0.1, -0.05) is 23.5 Å². The molecule has 8 nitrogen and oxygen atoms in total. The number of nitrogens with zero attached hydrogens (tertiary/aromatic N) is 2. The van der Waals surface area contributed by atoms with Crippen molar-refractivity contribution in [2.45, 2.75) is 25.7 Å². The Kier molecular flexibility index (Phi) is 5.07. The number of nitrogens with one attached hydrogen (secondary N) is 1. The minimum absolute atomic E-state index is 0.107. The van der Waals surface area contributed by atoms with Crippen LogP contribution in [0.2, 0.25) is 0 Å². The van der Waals surface area contributed by atoms with Gasteiger partial charge in [0.25, 0.3) is 11.5 Å². The van der Waals surface area contributed by atoms with E-state index in [2.05, 4.69) is 9.88 Å². The van der Waals surface area contributed by atoms with Crippen LogP contribution in [0.25, 0.3) is 10.2 Å². The number of hydrogen-bond acceptors (Lipinski definition) is 7. The number of nitro benzene ring substituents is 1. The number of benzene rings is 1. The van der Waals surface area contributed by atoms with Crippen molar-refractivity contribution in [3.8, 4) is 0 Å². The maximum absolute atomic E-state index is 13.2. The second kappa shape index (κ2) is 7.90. The molecule has 3 N–H and O–H groups in total. The summed E-state index contributed by atoms with van der Waals surface area (Å²) in [6.45, 7) is 3.05. The predicted octanol–water partition coefficient (Wildman–Crippen LogP) is 3.15. The van der Waals surface area contributed by atoms with E-state index in [0.717, 1.165) is 54.8 Å². The van der Waals surface area contributed by atoms with Crippen molar-refractivity contribution in [2.75, 3.05) is 36.9 Å². The molecule has 0 atom stereocenters. The molecular formula is C22H23N4O4S+. The van der Waals surface area contributed by atoms with Crippen molar-refractivity contribution in [3.63, 3.8) is 0 Å². The molecule has 0 saturated carbocycles. The molecule has 31 heavy (non-hydrogen) atoms. The predicted molar refractivity (Wildman–Crippen MR) is 119 cm³/mol. The van der Waals surface area contributed by atoms with Crippen LogP contribution in [0.5, 0.6) is 0 Å². The Morgan fingerprint density at radius 1 is 1.19 bits per heavy atom. The molecule has 3 aromatic rings. The van der Waals surface area contributed by atoms with Gasteiger partial charge in [0.1, 0.15) is 18.0 Å². The van der Waals surface area contributed by atoms with E-state index in [1.54, 1.807) is 6.07 Å². The number of rotatable bonds is 4. The first kappa shape index (κ1) is 19.9.